The number of nitrogens with one attached hydrogen (secondary N) is 1. The molecule has 8 nitrogen and oxygen atoms in total. The number of aromatic nitrogens is 5. The summed E-state index contributed by atoms with van der Waals surface area (Å²) in [4.78, 5) is 29.3. The lowest BCUT2D eigenvalue weighted by Crippen LogP contribution is -2.31. The summed E-state index contributed by atoms with van der Waals surface area (Å²) < 4.78 is 3.42. The van der Waals surface area contributed by atoms with E-state index >= 15 is 0 Å². The Balaban J connectivity index is 1.41. The summed E-state index contributed by atoms with van der Waals surface area (Å²) in [5.41, 5.74) is 4.31. The Hall–Kier alpha value is -4.07. The van der Waals surface area contributed by atoms with Gasteiger partial charge < -0.3 is 5.32 Å². The number of aryl methyl sites for hydroxylation is 1. The van der Waals surface area contributed by atoms with Crippen molar-refractivity contribution < 1.29 is 9.59 Å². The number of para-hydroxylation sites is 1. The van der Waals surface area contributed by atoms with Crippen LogP contribution in [0.3, 0.4) is 0 Å². The molecule has 0 aliphatic heterocycles. The van der Waals surface area contributed by atoms with E-state index in [1.54, 1.807) is 29.5 Å². The third kappa shape index (κ3) is 4.42. The van der Waals surface area contributed by atoms with Crippen LogP contribution in [0.2, 0.25) is 0 Å². The number of carbonyl (C=O) groups is 2. The van der Waals surface area contributed by atoms with E-state index in [1.807, 2.05) is 54.6 Å². The minimum absolute atomic E-state index is 0.263. The van der Waals surface area contributed by atoms with Crippen LogP contribution in [0.25, 0.3) is 5.69 Å². The number of carbonyl (C=O) groups excluding carboxylic acids is 2. The molecule has 0 aliphatic rings. The summed E-state index contributed by atoms with van der Waals surface area (Å²) in [6, 6.07) is 17.3. The van der Waals surface area contributed by atoms with Crippen LogP contribution in [-0.4, -0.2) is 36.2 Å². The molecule has 0 aliphatic carbocycles. The molecule has 0 saturated heterocycles. The van der Waals surface area contributed by atoms with Crippen molar-refractivity contribution in [3.05, 3.63) is 95.3 Å². The van der Waals surface area contributed by atoms with Gasteiger partial charge in [-0.3, -0.25) is 9.59 Å². The van der Waals surface area contributed by atoms with Gasteiger partial charge in [-0.05, 0) is 37.1 Å². The minimum Gasteiger partial charge on any atom is -0.345 e. The summed E-state index contributed by atoms with van der Waals surface area (Å²) >= 11 is 0. The fraction of sp³-hybridized carbons (Fsp3) is 0.174. The molecular weight excluding hydrogens is 392 g/mol. The average molecular weight is 414 g/mol. The van der Waals surface area contributed by atoms with Gasteiger partial charge in [0.05, 0.1) is 29.2 Å². The normalized spacial score (nSPS) is 10.8. The predicted molar refractivity (Wildman–Crippen MR) is 115 cm³/mol. The zero-order chi connectivity index (χ0) is 21.8. The van der Waals surface area contributed by atoms with E-state index in [0.29, 0.717) is 23.5 Å². The first kappa shape index (κ1) is 20.2. The molecular formula is C23H22N6O2. The second kappa shape index (κ2) is 8.74. The molecule has 0 saturated carbocycles. The first-order valence-electron chi connectivity index (χ1n) is 9.87. The number of rotatable bonds is 7. The van der Waals surface area contributed by atoms with Gasteiger partial charge in [-0.2, -0.15) is 10.2 Å². The van der Waals surface area contributed by atoms with Crippen LogP contribution in [-0.2, 0) is 17.9 Å². The Labute approximate surface area is 179 Å². The lowest BCUT2D eigenvalue weighted by atomic mass is 10.1. The van der Waals surface area contributed by atoms with Crippen molar-refractivity contribution in [1.82, 2.24) is 29.9 Å². The van der Waals surface area contributed by atoms with E-state index < -0.39 is 11.7 Å². The molecule has 4 aromatic rings. The Morgan fingerprint density at radius 1 is 0.968 bits per heavy atom. The molecule has 2 heterocycles. The maximum Gasteiger partial charge on any atom is 0.292 e. The molecule has 2 aromatic heterocycles. The summed E-state index contributed by atoms with van der Waals surface area (Å²) in [5, 5.41) is 11.2. The quantitative estimate of drug-likeness (QED) is 0.371. The number of hydrogen-bond donors (Lipinski definition) is 1. The number of ketones is 1. The van der Waals surface area contributed by atoms with Crippen molar-refractivity contribution in [3.8, 4) is 5.69 Å². The van der Waals surface area contributed by atoms with Crippen molar-refractivity contribution in [2.75, 3.05) is 0 Å². The molecule has 0 spiro atoms. The average Bonchev–Trinajstić information content (AvgIpc) is 3.40. The van der Waals surface area contributed by atoms with Crippen molar-refractivity contribution in [2.45, 2.75) is 26.9 Å². The Kier molecular flexibility index (Phi) is 5.70. The molecule has 1 amide bonds. The standard InChI is InChI=1S/C23H22N6O2/c1-16-21(17(2)29(27-16)20-6-4-3-5-7-20)22(30)23(31)25-12-18-8-10-19(11-9-18)13-28-15-24-14-26-28/h3-11,14-15H,12-13H2,1-2H3,(H,25,31). The van der Waals surface area contributed by atoms with Gasteiger partial charge in [0.15, 0.2) is 0 Å². The Morgan fingerprint density at radius 3 is 2.35 bits per heavy atom. The molecule has 0 radical (unpaired) electrons. The molecule has 0 bridgehead atoms. The van der Waals surface area contributed by atoms with Crippen LogP contribution in [0.5, 0.6) is 0 Å². The summed E-state index contributed by atoms with van der Waals surface area (Å²) in [6.07, 6.45) is 3.15. The summed E-state index contributed by atoms with van der Waals surface area (Å²) in [7, 11) is 0. The molecule has 0 fully saturated rings. The highest BCUT2D eigenvalue weighted by Crippen LogP contribution is 2.18. The fourth-order valence-corrected chi connectivity index (χ4v) is 3.43. The van der Waals surface area contributed by atoms with Crippen LogP contribution in [0.4, 0.5) is 0 Å². The summed E-state index contributed by atoms with van der Waals surface area (Å²) in [5.74, 6) is -1.23. The van der Waals surface area contributed by atoms with Crippen molar-refractivity contribution in [3.63, 3.8) is 0 Å². The molecule has 31 heavy (non-hydrogen) atoms. The maximum absolute atomic E-state index is 12.8. The zero-order valence-corrected chi connectivity index (χ0v) is 17.3. The highest BCUT2D eigenvalue weighted by molar-refractivity contribution is 6.43. The van der Waals surface area contributed by atoms with E-state index in [-0.39, 0.29) is 6.54 Å². The van der Waals surface area contributed by atoms with Gasteiger partial charge in [0.25, 0.3) is 11.7 Å². The number of amides is 1. The van der Waals surface area contributed by atoms with Crippen molar-refractivity contribution in [2.24, 2.45) is 0 Å². The third-order valence-electron chi connectivity index (χ3n) is 5.01. The zero-order valence-electron chi connectivity index (χ0n) is 17.3. The number of hydrogen-bond acceptors (Lipinski definition) is 5. The Bertz CT molecular complexity index is 1200. The minimum atomic E-state index is -0.648. The first-order valence-corrected chi connectivity index (χ1v) is 9.87. The molecule has 1 N–H and O–H groups in total. The Morgan fingerprint density at radius 2 is 1.68 bits per heavy atom. The van der Waals surface area contributed by atoms with Crippen molar-refractivity contribution in [1.29, 1.82) is 0 Å². The van der Waals surface area contributed by atoms with E-state index in [4.69, 9.17) is 0 Å². The van der Waals surface area contributed by atoms with Crippen LogP contribution in [0.1, 0.15) is 32.9 Å². The van der Waals surface area contributed by atoms with Gasteiger partial charge in [0.1, 0.15) is 12.7 Å². The second-order valence-corrected chi connectivity index (χ2v) is 7.21. The lowest BCUT2D eigenvalue weighted by molar-refractivity contribution is -0.117. The van der Waals surface area contributed by atoms with Gasteiger partial charge in [-0.15, -0.1) is 0 Å². The van der Waals surface area contributed by atoms with Gasteiger partial charge in [-0.1, -0.05) is 42.5 Å². The van der Waals surface area contributed by atoms with Crippen LogP contribution in [0.15, 0.2) is 67.3 Å². The van der Waals surface area contributed by atoms with E-state index in [1.165, 1.54) is 6.33 Å². The fourth-order valence-electron chi connectivity index (χ4n) is 3.43. The number of nitrogens with zero attached hydrogens (tertiary/aromatic N) is 5. The highest BCUT2D eigenvalue weighted by atomic mass is 16.2. The summed E-state index contributed by atoms with van der Waals surface area (Å²) in [6.45, 7) is 4.41. The first-order chi connectivity index (χ1) is 15.0. The number of benzene rings is 2. The predicted octanol–water partition coefficient (Wildman–Crippen LogP) is 2.63. The SMILES string of the molecule is Cc1nn(-c2ccccc2)c(C)c1C(=O)C(=O)NCc1ccc(Cn2cncn2)cc1. The smallest absolute Gasteiger partial charge is 0.292 e. The van der Waals surface area contributed by atoms with Gasteiger partial charge in [-0.25, -0.2) is 14.3 Å². The van der Waals surface area contributed by atoms with E-state index in [9.17, 15) is 9.59 Å². The lowest BCUT2D eigenvalue weighted by Gasteiger charge is -2.07. The second-order valence-electron chi connectivity index (χ2n) is 7.21. The number of Topliss-reactive ketones (excluding diaryl/α,β-unsaturated/α-hetero) is 1. The van der Waals surface area contributed by atoms with Gasteiger partial charge in [0.2, 0.25) is 0 Å². The molecule has 0 atom stereocenters. The molecule has 4 rings (SSSR count). The van der Waals surface area contributed by atoms with Gasteiger partial charge >= 0.3 is 0 Å². The largest absolute Gasteiger partial charge is 0.345 e. The van der Waals surface area contributed by atoms with Crippen molar-refractivity contribution >= 4 is 11.7 Å². The van der Waals surface area contributed by atoms with Crippen LogP contribution < -0.4 is 5.32 Å². The monoisotopic (exact) mass is 414 g/mol. The van der Waals surface area contributed by atoms with E-state index in [2.05, 4.69) is 20.5 Å². The molecule has 156 valence electrons. The molecule has 2 aromatic carbocycles. The van der Waals surface area contributed by atoms with Gasteiger partial charge in [0, 0.05) is 6.54 Å². The highest BCUT2D eigenvalue weighted by Gasteiger charge is 2.24. The third-order valence-corrected chi connectivity index (χ3v) is 5.01. The topological polar surface area (TPSA) is 94.7 Å². The maximum atomic E-state index is 12.8. The van der Waals surface area contributed by atoms with E-state index in [0.717, 1.165) is 16.8 Å². The molecule has 0 unspecified atom stereocenters. The van der Waals surface area contributed by atoms with Crippen LogP contribution >= 0.6 is 0 Å². The van der Waals surface area contributed by atoms with Crippen LogP contribution in [0, 0.1) is 13.8 Å². The molecule has 8 heteroatoms.